The lowest BCUT2D eigenvalue weighted by atomic mass is 10.0. The van der Waals surface area contributed by atoms with Gasteiger partial charge in [-0.15, -0.1) is 0 Å². The summed E-state index contributed by atoms with van der Waals surface area (Å²) in [5, 5.41) is 24.3. The van der Waals surface area contributed by atoms with Gasteiger partial charge in [-0.3, -0.25) is 4.68 Å². The highest BCUT2D eigenvalue weighted by molar-refractivity contribution is 5.77. The first-order valence-corrected chi connectivity index (χ1v) is 9.50. The number of aromatic nitrogens is 4. The predicted octanol–water partition coefficient (Wildman–Crippen LogP) is 3.72. The van der Waals surface area contributed by atoms with Crippen molar-refractivity contribution in [1.29, 1.82) is 0 Å². The highest BCUT2D eigenvalue weighted by Crippen LogP contribution is 2.60. The van der Waals surface area contributed by atoms with Crippen LogP contribution in [0.15, 0.2) is 24.5 Å². The Balaban J connectivity index is 1.51. The van der Waals surface area contributed by atoms with E-state index in [1.54, 1.807) is 0 Å². The summed E-state index contributed by atoms with van der Waals surface area (Å²) in [6.45, 7) is 1.68. The Morgan fingerprint density at radius 1 is 1.21 bits per heavy atom. The van der Waals surface area contributed by atoms with E-state index in [9.17, 15) is 23.4 Å². The Kier molecular flexibility index (Phi) is 3.90. The van der Waals surface area contributed by atoms with Crippen molar-refractivity contribution < 1.29 is 23.4 Å². The summed E-state index contributed by atoms with van der Waals surface area (Å²) >= 11 is 0. The molecule has 6 nitrogen and oxygen atoms in total. The number of phenolic OH excluding ortho intramolecular Hbond substituents is 1. The summed E-state index contributed by atoms with van der Waals surface area (Å²) in [7, 11) is 0. The van der Waals surface area contributed by atoms with Gasteiger partial charge in [-0.2, -0.15) is 18.3 Å². The van der Waals surface area contributed by atoms with Crippen LogP contribution in [-0.2, 0) is 6.18 Å². The monoisotopic (exact) mass is 404 g/mol. The lowest BCUT2D eigenvalue weighted by molar-refractivity contribution is -0.137. The molecule has 9 heteroatoms. The van der Waals surface area contributed by atoms with Crippen molar-refractivity contribution >= 4 is 11.2 Å². The van der Waals surface area contributed by atoms with E-state index in [1.165, 1.54) is 13.1 Å². The molecule has 0 radical (unpaired) electrons. The number of alkyl halides is 3. The molecule has 4 atom stereocenters. The van der Waals surface area contributed by atoms with Gasteiger partial charge in [0, 0.05) is 12.2 Å². The summed E-state index contributed by atoms with van der Waals surface area (Å²) in [6.07, 6.45) is 0.687. The molecule has 152 valence electrons. The molecule has 0 spiro atoms. The number of aryl methyl sites for hydroxylation is 1. The third kappa shape index (κ3) is 2.95. The molecular weight excluding hydrogens is 385 g/mol. The predicted molar refractivity (Wildman–Crippen MR) is 98.0 cm³/mol. The number of aliphatic hydroxyl groups is 1. The van der Waals surface area contributed by atoms with Crippen LogP contribution in [0.2, 0.25) is 0 Å². The fraction of sp³-hybridized carbons (Fsp3) is 0.450. The van der Waals surface area contributed by atoms with Crippen LogP contribution in [0.3, 0.4) is 0 Å². The molecule has 2 heterocycles. The Hall–Kier alpha value is -2.68. The van der Waals surface area contributed by atoms with Gasteiger partial charge in [-0.25, -0.2) is 9.97 Å². The van der Waals surface area contributed by atoms with Gasteiger partial charge in [0.2, 0.25) is 0 Å². The number of rotatable bonds is 3. The van der Waals surface area contributed by atoms with Crippen LogP contribution in [0, 0.1) is 24.7 Å². The zero-order valence-electron chi connectivity index (χ0n) is 15.6. The minimum absolute atomic E-state index is 0.186. The third-order valence-electron chi connectivity index (χ3n) is 6.25. The topological polar surface area (TPSA) is 84.1 Å². The molecular formula is C20H19F3N4O2. The molecule has 1 aromatic carbocycles. The second-order valence-electron chi connectivity index (χ2n) is 8.07. The molecule has 2 aliphatic rings. The van der Waals surface area contributed by atoms with Crippen LogP contribution in [0.4, 0.5) is 13.2 Å². The molecule has 2 N–H and O–H groups in total. The molecule has 0 bridgehead atoms. The summed E-state index contributed by atoms with van der Waals surface area (Å²) in [5.74, 6) is 0.885. The van der Waals surface area contributed by atoms with Crippen molar-refractivity contribution in [2.24, 2.45) is 17.8 Å². The molecule has 5 rings (SSSR count). The third-order valence-corrected chi connectivity index (χ3v) is 6.25. The molecule has 0 aliphatic heterocycles. The number of hydrogen-bond donors (Lipinski definition) is 2. The van der Waals surface area contributed by atoms with Gasteiger partial charge in [-0.05, 0) is 55.2 Å². The molecule has 0 saturated heterocycles. The highest BCUT2D eigenvalue weighted by atomic mass is 19.4. The fourth-order valence-electron chi connectivity index (χ4n) is 4.77. The van der Waals surface area contributed by atoms with Crippen LogP contribution in [0.1, 0.15) is 30.0 Å². The van der Waals surface area contributed by atoms with E-state index in [4.69, 9.17) is 0 Å². The molecule has 2 aliphatic carbocycles. The van der Waals surface area contributed by atoms with E-state index in [0.717, 1.165) is 18.9 Å². The van der Waals surface area contributed by atoms with E-state index in [0.29, 0.717) is 35.0 Å². The zero-order chi connectivity index (χ0) is 20.5. The van der Waals surface area contributed by atoms with Crippen LogP contribution in [0.5, 0.6) is 5.75 Å². The van der Waals surface area contributed by atoms with Gasteiger partial charge >= 0.3 is 6.18 Å². The second-order valence-corrected chi connectivity index (χ2v) is 8.07. The number of benzene rings is 1. The summed E-state index contributed by atoms with van der Waals surface area (Å²) in [4.78, 5) is 8.80. The lowest BCUT2D eigenvalue weighted by Crippen LogP contribution is -2.12. The van der Waals surface area contributed by atoms with Crippen molar-refractivity contribution in [1.82, 2.24) is 19.7 Å². The summed E-state index contributed by atoms with van der Waals surface area (Å²) in [6, 6.07) is 1.89. The SMILES string of the molecule is Cc1cc(C(F)(F)F)cc(O)c1-c1cnc2cn([C@H]3C[C@@H](CO)C4CC43)nc2n1. The number of halogens is 3. The molecule has 2 fully saturated rings. The number of fused-ring (bicyclic) bond motifs is 2. The van der Waals surface area contributed by atoms with Crippen molar-refractivity contribution in [2.45, 2.75) is 32.0 Å². The van der Waals surface area contributed by atoms with Gasteiger partial charge < -0.3 is 10.2 Å². The average molecular weight is 404 g/mol. The minimum Gasteiger partial charge on any atom is -0.507 e. The molecule has 2 aromatic heterocycles. The quantitative estimate of drug-likeness (QED) is 0.695. The summed E-state index contributed by atoms with van der Waals surface area (Å²) in [5.41, 5.74) is 0.801. The fourth-order valence-corrected chi connectivity index (χ4v) is 4.77. The average Bonchev–Trinajstić information content (AvgIpc) is 3.18. The lowest BCUT2D eigenvalue weighted by Gasteiger charge is -2.14. The second kappa shape index (κ2) is 6.16. The minimum atomic E-state index is -4.54. The number of nitrogens with zero attached hydrogens (tertiary/aromatic N) is 4. The Labute approximate surface area is 164 Å². The standard InChI is InChI=1S/C20H19F3N4O2/c1-9-2-11(20(21,22)23)4-17(29)18(9)14-6-24-15-7-27(26-19(15)25-14)16-3-10(8-28)12-5-13(12)16/h2,4,6-7,10,12-13,16,28-29H,3,5,8H2,1H3/t10-,12?,13?,16-/m0/s1. The Bertz CT molecular complexity index is 1090. The largest absolute Gasteiger partial charge is 0.507 e. The van der Waals surface area contributed by atoms with Gasteiger partial charge in [0.05, 0.1) is 29.7 Å². The van der Waals surface area contributed by atoms with Crippen LogP contribution in [0.25, 0.3) is 22.4 Å². The molecule has 0 amide bonds. The normalized spacial score (nSPS) is 26.1. The van der Waals surface area contributed by atoms with E-state index in [2.05, 4.69) is 15.1 Å². The molecule has 3 aromatic rings. The summed E-state index contributed by atoms with van der Waals surface area (Å²) < 4.78 is 40.7. The van der Waals surface area contributed by atoms with Crippen molar-refractivity contribution in [3.63, 3.8) is 0 Å². The van der Waals surface area contributed by atoms with Crippen LogP contribution < -0.4 is 0 Å². The van der Waals surface area contributed by atoms with Gasteiger partial charge in [-0.1, -0.05) is 0 Å². The molecule has 2 saturated carbocycles. The van der Waals surface area contributed by atoms with Crippen molar-refractivity contribution in [3.05, 3.63) is 35.7 Å². The molecule has 29 heavy (non-hydrogen) atoms. The van der Waals surface area contributed by atoms with E-state index < -0.39 is 17.5 Å². The van der Waals surface area contributed by atoms with Crippen LogP contribution in [-0.4, -0.2) is 36.6 Å². The zero-order valence-corrected chi connectivity index (χ0v) is 15.6. The van der Waals surface area contributed by atoms with Gasteiger partial charge in [0.25, 0.3) is 0 Å². The Morgan fingerprint density at radius 3 is 2.66 bits per heavy atom. The first-order valence-electron chi connectivity index (χ1n) is 9.50. The van der Waals surface area contributed by atoms with E-state index >= 15 is 0 Å². The van der Waals surface area contributed by atoms with Crippen LogP contribution >= 0.6 is 0 Å². The van der Waals surface area contributed by atoms with Crippen molar-refractivity contribution in [3.8, 4) is 17.0 Å². The Morgan fingerprint density at radius 2 is 2.00 bits per heavy atom. The number of hydrogen-bond acceptors (Lipinski definition) is 5. The maximum absolute atomic E-state index is 13.0. The van der Waals surface area contributed by atoms with Crippen molar-refractivity contribution in [2.75, 3.05) is 6.61 Å². The number of phenols is 1. The smallest absolute Gasteiger partial charge is 0.416 e. The number of aromatic hydroxyl groups is 1. The van der Waals surface area contributed by atoms with Gasteiger partial charge in [0.15, 0.2) is 5.65 Å². The number of aliphatic hydroxyl groups excluding tert-OH is 1. The highest BCUT2D eigenvalue weighted by Gasteiger charge is 2.54. The first kappa shape index (κ1) is 18.4. The molecule has 2 unspecified atom stereocenters. The van der Waals surface area contributed by atoms with Gasteiger partial charge in [0.1, 0.15) is 11.3 Å². The van der Waals surface area contributed by atoms with E-state index in [1.807, 2.05) is 10.9 Å². The maximum Gasteiger partial charge on any atom is 0.416 e. The first-order chi connectivity index (χ1) is 13.8. The van der Waals surface area contributed by atoms with E-state index in [-0.39, 0.29) is 29.5 Å². The maximum atomic E-state index is 13.0.